The van der Waals surface area contributed by atoms with Crippen molar-refractivity contribution in [2.24, 2.45) is 0 Å². The van der Waals surface area contributed by atoms with Gasteiger partial charge in [0.2, 0.25) is 5.91 Å². The highest BCUT2D eigenvalue weighted by molar-refractivity contribution is 6.30. The lowest BCUT2D eigenvalue weighted by Crippen LogP contribution is -2.33. The predicted molar refractivity (Wildman–Crippen MR) is 113 cm³/mol. The highest BCUT2D eigenvalue weighted by Gasteiger charge is 2.14. The Balaban J connectivity index is 1.67. The van der Waals surface area contributed by atoms with Crippen LogP contribution in [-0.4, -0.2) is 20.7 Å². The van der Waals surface area contributed by atoms with Crippen LogP contribution in [-0.2, 0) is 17.9 Å². The number of carbonyl (C=O) groups is 1. The van der Waals surface area contributed by atoms with Gasteiger partial charge in [0, 0.05) is 22.2 Å². The van der Waals surface area contributed by atoms with E-state index in [1.807, 2.05) is 42.5 Å². The number of hydrogen-bond donors (Lipinski definition) is 1. The molecular weight excluding hydrogens is 388 g/mol. The van der Waals surface area contributed by atoms with E-state index < -0.39 is 0 Å². The summed E-state index contributed by atoms with van der Waals surface area (Å²) < 4.78 is 1.19. The van der Waals surface area contributed by atoms with Gasteiger partial charge in [0.15, 0.2) is 0 Å². The molecule has 0 aliphatic rings. The zero-order chi connectivity index (χ0) is 20.2. The van der Waals surface area contributed by atoms with Crippen molar-refractivity contribution in [3.05, 3.63) is 94.0 Å². The van der Waals surface area contributed by atoms with Crippen molar-refractivity contribution < 1.29 is 4.79 Å². The van der Waals surface area contributed by atoms with E-state index in [0.717, 1.165) is 16.6 Å². The molecule has 0 fully saturated rings. The Labute approximate surface area is 171 Å². The van der Waals surface area contributed by atoms with Gasteiger partial charge in [-0.25, -0.2) is 4.68 Å². The lowest BCUT2D eigenvalue weighted by atomic mass is 10.1. The molecule has 0 saturated carbocycles. The molecule has 0 saturated heterocycles. The molecule has 7 heteroatoms. The van der Waals surface area contributed by atoms with Gasteiger partial charge in [-0.1, -0.05) is 48.0 Å². The standard InChI is InChI=1S/C22H17ClN4O2/c23-16-10-8-15(9-11-16)21-18-6-1-2-7-19(18)22(29)27(26-21)14-20(28)25-13-17-5-3-4-12-24-17/h1-12H,13-14H2,(H,25,28). The number of nitrogens with zero attached hydrogens (tertiary/aromatic N) is 3. The minimum absolute atomic E-state index is 0.183. The number of benzene rings is 2. The summed E-state index contributed by atoms with van der Waals surface area (Å²) in [6, 6.07) is 19.9. The molecule has 2 aromatic heterocycles. The van der Waals surface area contributed by atoms with Crippen molar-refractivity contribution in [1.82, 2.24) is 20.1 Å². The normalized spacial score (nSPS) is 10.8. The molecule has 4 rings (SSSR count). The first kappa shape index (κ1) is 18.8. The van der Waals surface area contributed by atoms with Crippen LogP contribution in [0.1, 0.15) is 5.69 Å². The Morgan fingerprint density at radius 2 is 1.69 bits per heavy atom. The molecule has 0 aliphatic carbocycles. The number of nitrogens with one attached hydrogen (secondary N) is 1. The molecule has 0 radical (unpaired) electrons. The maximum Gasteiger partial charge on any atom is 0.275 e. The van der Waals surface area contributed by atoms with E-state index in [1.54, 1.807) is 30.5 Å². The first-order chi connectivity index (χ1) is 14.1. The van der Waals surface area contributed by atoms with Gasteiger partial charge in [-0.05, 0) is 30.3 Å². The van der Waals surface area contributed by atoms with Crippen molar-refractivity contribution in [3.63, 3.8) is 0 Å². The molecule has 2 heterocycles. The topological polar surface area (TPSA) is 76.9 Å². The average molecular weight is 405 g/mol. The van der Waals surface area contributed by atoms with Crippen LogP contribution in [0.15, 0.2) is 77.7 Å². The van der Waals surface area contributed by atoms with Crippen LogP contribution >= 0.6 is 11.6 Å². The van der Waals surface area contributed by atoms with Gasteiger partial charge >= 0.3 is 0 Å². The summed E-state index contributed by atoms with van der Waals surface area (Å²) in [4.78, 5) is 29.4. The fourth-order valence-corrected chi connectivity index (χ4v) is 3.17. The molecule has 0 bridgehead atoms. The SMILES string of the molecule is O=C(Cn1nc(-c2ccc(Cl)cc2)c2ccccc2c1=O)NCc1ccccn1. The highest BCUT2D eigenvalue weighted by Crippen LogP contribution is 2.25. The maximum atomic E-state index is 12.9. The molecule has 0 atom stereocenters. The van der Waals surface area contributed by atoms with Gasteiger partial charge in [0.1, 0.15) is 6.54 Å². The fourth-order valence-electron chi connectivity index (χ4n) is 3.05. The van der Waals surface area contributed by atoms with Crippen LogP contribution in [0, 0.1) is 0 Å². The van der Waals surface area contributed by atoms with Crippen molar-refractivity contribution in [2.45, 2.75) is 13.1 Å². The molecule has 0 spiro atoms. The zero-order valence-electron chi connectivity index (χ0n) is 15.4. The van der Waals surface area contributed by atoms with Gasteiger partial charge < -0.3 is 5.32 Å². The smallest absolute Gasteiger partial charge is 0.275 e. The van der Waals surface area contributed by atoms with E-state index in [2.05, 4.69) is 15.4 Å². The van der Waals surface area contributed by atoms with Gasteiger partial charge in [0.25, 0.3) is 5.56 Å². The van der Waals surface area contributed by atoms with Crippen LogP contribution < -0.4 is 10.9 Å². The fraction of sp³-hybridized carbons (Fsp3) is 0.0909. The van der Waals surface area contributed by atoms with Gasteiger partial charge in [-0.3, -0.25) is 14.6 Å². The highest BCUT2D eigenvalue weighted by atomic mass is 35.5. The average Bonchev–Trinajstić information content (AvgIpc) is 2.76. The number of pyridine rings is 1. The third-order valence-corrected chi connectivity index (χ3v) is 4.72. The lowest BCUT2D eigenvalue weighted by Gasteiger charge is -2.11. The Bertz CT molecular complexity index is 1220. The van der Waals surface area contributed by atoms with E-state index in [-0.39, 0.29) is 24.6 Å². The second-order valence-corrected chi connectivity index (χ2v) is 6.90. The van der Waals surface area contributed by atoms with Gasteiger partial charge in [0.05, 0.1) is 23.3 Å². The second-order valence-electron chi connectivity index (χ2n) is 6.46. The summed E-state index contributed by atoms with van der Waals surface area (Å²) in [5.74, 6) is -0.317. The van der Waals surface area contributed by atoms with Gasteiger partial charge in [-0.2, -0.15) is 5.10 Å². The molecule has 6 nitrogen and oxygen atoms in total. The second kappa shape index (κ2) is 8.24. The predicted octanol–water partition coefficient (Wildman–Crippen LogP) is 3.43. The molecule has 0 aliphatic heterocycles. The van der Waals surface area contributed by atoms with Crippen LogP contribution in [0.3, 0.4) is 0 Å². The van der Waals surface area contributed by atoms with Crippen molar-refractivity contribution in [1.29, 1.82) is 0 Å². The van der Waals surface area contributed by atoms with Crippen molar-refractivity contribution >= 4 is 28.3 Å². The van der Waals surface area contributed by atoms with Gasteiger partial charge in [-0.15, -0.1) is 0 Å². The molecule has 4 aromatic rings. The Morgan fingerprint density at radius 3 is 2.41 bits per heavy atom. The van der Waals surface area contributed by atoms with Crippen molar-refractivity contribution in [2.75, 3.05) is 0 Å². The summed E-state index contributed by atoms with van der Waals surface area (Å²) >= 11 is 5.99. The minimum atomic E-state index is -0.317. The Kier molecular flexibility index (Phi) is 5.35. The third-order valence-electron chi connectivity index (χ3n) is 4.47. The summed E-state index contributed by atoms with van der Waals surface area (Å²) in [6.45, 7) is 0.100. The number of hydrogen-bond acceptors (Lipinski definition) is 4. The quantitative estimate of drug-likeness (QED) is 0.553. The van der Waals surface area contributed by atoms with E-state index in [4.69, 9.17) is 11.6 Å². The third kappa shape index (κ3) is 4.17. The summed E-state index contributed by atoms with van der Waals surface area (Å²) in [7, 11) is 0. The molecule has 29 heavy (non-hydrogen) atoms. The number of aromatic nitrogens is 3. The van der Waals surface area contributed by atoms with Crippen LogP contribution in [0.4, 0.5) is 0 Å². The lowest BCUT2D eigenvalue weighted by molar-refractivity contribution is -0.122. The molecular formula is C22H17ClN4O2. The molecule has 2 aromatic carbocycles. The molecule has 0 unspecified atom stereocenters. The first-order valence-electron chi connectivity index (χ1n) is 9.04. The van der Waals surface area contributed by atoms with E-state index >= 15 is 0 Å². The number of rotatable bonds is 5. The van der Waals surface area contributed by atoms with E-state index in [1.165, 1.54) is 4.68 Å². The van der Waals surface area contributed by atoms with Crippen LogP contribution in [0.25, 0.3) is 22.0 Å². The number of halogens is 1. The van der Waals surface area contributed by atoms with Crippen molar-refractivity contribution in [3.8, 4) is 11.3 Å². The molecule has 1 N–H and O–H groups in total. The Morgan fingerprint density at radius 1 is 0.966 bits per heavy atom. The Hall–Kier alpha value is -3.51. The summed E-state index contributed by atoms with van der Waals surface area (Å²) in [6.07, 6.45) is 1.66. The van der Waals surface area contributed by atoms with Crippen LogP contribution in [0.5, 0.6) is 0 Å². The number of carbonyl (C=O) groups excluding carboxylic acids is 1. The first-order valence-corrected chi connectivity index (χ1v) is 9.42. The summed E-state index contributed by atoms with van der Waals surface area (Å²) in [5.41, 5.74) is 1.86. The maximum absolute atomic E-state index is 12.9. The van der Waals surface area contributed by atoms with E-state index in [0.29, 0.717) is 16.1 Å². The molecule has 144 valence electrons. The van der Waals surface area contributed by atoms with Crippen LogP contribution in [0.2, 0.25) is 5.02 Å². The number of amides is 1. The zero-order valence-corrected chi connectivity index (χ0v) is 16.1. The largest absolute Gasteiger partial charge is 0.349 e. The molecule has 1 amide bonds. The van der Waals surface area contributed by atoms with E-state index in [9.17, 15) is 9.59 Å². The number of fused-ring (bicyclic) bond motifs is 1. The monoisotopic (exact) mass is 404 g/mol. The summed E-state index contributed by atoms with van der Waals surface area (Å²) in [5, 5.41) is 9.09. The minimum Gasteiger partial charge on any atom is -0.349 e.